The van der Waals surface area contributed by atoms with Gasteiger partial charge in [0.2, 0.25) is 0 Å². The summed E-state index contributed by atoms with van der Waals surface area (Å²) in [6.07, 6.45) is -5.51. The number of ether oxygens (including phenoxy) is 1. The predicted octanol–water partition coefficient (Wildman–Crippen LogP) is 5.54. The predicted molar refractivity (Wildman–Crippen MR) is 85.1 cm³/mol. The first kappa shape index (κ1) is 17.5. The molecular formula is C16H11ClF3NOS. The van der Waals surface area contributed by atoms with E-state index in [1.165, 1.54) is 18.2 Å². The summed E-state index contributed by atoms with van der Waals surface area (Å²) in [5.74, 6) is 0.910. The van der Waals surface area contributed by atoms with Crippen LogP contribution in [0.15, 0.2) is 36.4 Å². The maximum atomic E-state index is 12.5. The van der Waals surface area contributed by atoms with Gasteiger partial charge < -0.3 is 4.74 Å². The van der Waals surface area contributed by atoms with Crippen molar-refractivity contribution in [2.45, 2.75) is 18.3 Å². The third kappa shape index (κ3) is 4.81. The number of nitrogens with zero attached hydrogens (tertiary/aromatic N) is 1. The lowest BCUT2D eigenvalue weighted by molar-refractivity contribution is -0.127. The monoisotopic (exact) mass is 357 g/mol. The molecule has 0 N–H and O–H groups in total. The van der Waals surface area contributed by atoms with Crippen LogP contribution >= 0.6 is 24.2 Å². The van der Waals surface area contributed by atoms with Gasteiger partial charge in [-0.05, 0) is 41.5 Å². The van der Waals surface area contributed by atoms with Crippen LogP contribution in [0.1, 0.15) is 16.7 Å². The summed E-state index contributed by atoms with van der Waals surface area (Å²) in [6.45, 7) is 0. The summed E-state index contributed by atoms with van der Waals surface area (Å²) in [4.78, 5) is 0. The highest BCUT2D eigenvalue weighted by atomic mass is 35.5. The molecule has 2 rings (SSSR count). The lowest BCUT2D eigenvalue weighted by atomic mass is 10.1. The summed E-state index contributed by atoms with van der Waals surface area (Å²) in [7, 11) is 0. The van der Waals surface area contributed by atoms with E-state index in [9.17, 15) is 13.2 Å². The molecule has 0 saturated heterocycles. The van der Waals surface area contributed by atoms with Gasteiger partial charge >= 0.3 is 6.18 Å². The topological polar surface area (TPSA) is 33.0 Å². The van der Waals surface area contributed by atoms with Gasteiger partial charge in [-0.2, -0.15) is 31.1 Å². The number of rotatable bonds is 4. The van der Waals surface area contributed by atoms with Gasteiger partial charge in [-0.1, -0.05) is 17.7 Å². The fourth-order valence-electron chi connectivity index (χ4n) is 1.94. The van der Waals surface area contributed by atoms with Crippen molar-refractivity contribution >= 4 is 24.2 Å². The molecule has 0 saturated carbocycles. The van der Waals surface area contributed by atoms with Crippen LogP contribution in [0.25, 0.3) is 0 Å². The number of benzene rings is 2. The van der Waals surface area contributed by atoms with Gasteiger partial charge in [-0.3, -0.25) is 0 Å². The van der Waals surface area contributed by atoms with Crippen LogP contribution in [-0.2, 0) is 12.2 Å². The van der Waals surface area contributed by atoms with Crippen LogP contribution < -0.4 is 4.74 Å². The highest BCUT2D eigenvalue weighted by molar-refractivity contribution is 7.79. The van der Waals surface area contributed by atoms with Crippen LogP contribution in [0.3, 0.4) is 0 Å². The third-order valence-corrected chi connectivity index (χ3v) is 3.72. The second kappa shape index (κ2) is 7.16. The van der Waals surface area contributed by atoms with Crippen molar-refractivity contribution in [3.05, 3.63) is 58.1 Å². The molecule has 0 radical (unpaired) electrons. The number of alkyl halides is 3. The number of nitriles is 1. The molecule has 0 amide bonds. The summed E-state index contributed by atoms with van der Waals surface area (Å²) in [5.41, 5.74) is 1.04. The molecule has 0 fully saturated rings. The van der Waals surface area contributed by atoms with Crippen molar-refractivity contribution in [3.63, 3.8) is 0 Å². The van der Waals surface area contributed by atoms with Crippen molar-refractivity contribution in [1.82, 2.24) is 0 Å². The molecule has 2 aromatic rings. The Morgan fingerprint density at radius 1 is 1.17 bits per heavy atom. The number of hydrogen-bond donors (Lipinski definition) is 1. The first-order valence-corrected chi connectivity index (χ1v) is 7.50. The Morgan fingerprint density at radius 2 is 1.91 bits per heavy atom. The Kier molecular flexibility index (Phi) is 5.45. The average Bonchev–Trinajstić information content (AvgIpc) is 2.49. The smallest absolute Gasteiger partial charge is 0.393 e. The summed E-state index contributed by atoms with van der Waals surface area (Å²) < 4.78 is 43.1. The fraction of sp³-hybridized carbons (Fsp3) is 0.188. The highest BCUT2D eigenvalue weighted by Crippen LogP contribution is 2.32. The minimum atomic E-state index is -4.37. The zero-order valence-corrected chi connectivity index (χ0v) is 13.3. The summed E-state index contributed by atoms with van der Waals surface area (Å²) in [6, 6.07) is 10.9. The van der Waals surface area contributed by atoms with Crippen molar-refractivity contribution in [3.8, 4) is 17.6 Å². The van der Waals surface area contributed by atoms with Crippen LogP contribution in [0, 0.1) is 11.3 Å². The van der Waals surface area contributed by atoms with Crippen LogP contribution in [0.4, 0.5) is 13.2 Å². The van der Waals surface area contributed by atoms with Gasteiger partial charge in [-0.25, -0.2) is 0 Å². The Labute approximate surface area is 141 Å². The second-order valence-electron chi connectivity index (χ2n) is 4.75. The van der Waals surface area contributed by atoms with Gasteiger partial charge in [-0.15, -0.1) is 0 Å². The van der Waals surface area contributed by atoms with Crippen molar-refractivity contribution in [1.29, 1.82) is 5.26 Å². The molecule has 0 aromatic heterocycles. The van der Waals surface area contributed by atoms with E-state index < -0.39 is 12.6 Å². The van der Waals surface area contributed by atoms with E-state index in [2.05, 4.69) is 12.6 Å². The quantitative estimate of drug-likeness (QED) is 0.729. The van der Waals surface area contributed by atoms with E-state index in [0.29, 0.717) is 5.75 Å². The lowest BCUT2D eigenvalue weighted by Crippen LogP contribution is -2.11. The molecule has 0 aliphatic carbocycles. The molecular weight excluding hydrogens is 347 g/mol. The van der Waals surface area contributed by atoms with Gasteiger partial charge in [0, 0.05) is 10.8 Å². The molecule has 0 unspecified atom stereocenters. The Morgan fingerprint density at radius 3 is 2.52 bits per heavy atom. The zero-order valence-electron chi connectivity index (χ0n) is 11.7. The van der Waals surface area contributed by atoms with E-state index in [-0.39, 0.29) is 27.6 Å². The first-order valence-electron chi connectivity index (χ1n) is 6.49. The van der Waals surface area contributed by atoms with Crippen LogP contribution in [0.2, 0.25) is 5.02 Å². The SMILES string of the molecule is N#Cc1cc(CS)ccc1Oc1ccc(Cl)c(CC(F)(F)F)c1. The average molecular weight is 358 g/mol. The number of hydrogen-bond acceptors (Lipinski definition) is 3. The maximum Gasteiger partial charge on any atom is 0.393 e. The molecule has 0 aliphatic heterocycles. The van der Waals surface area contributed by atoms with Crippen molar-refractivity contribution < 1.29 is 17.9 Å². The largest absolute Gasteiger partial charge is 0.456 e. The summed E-state index contributed by atoms with van der Waals surface area (Å²) in [5, 5.41) is 9.16. The lowest BCUT2D eigenvalue weighted by Gasteiger charge is -2.12. The molecule has 0 bridgehead atoms. The van der Waals surface area contributed by atoms with Gasteiger partial charge in [0.05, 0.1) is 12.0 Å². The van der Waals surface area contributed by atoms with E-state index >= 15 is 0 Å². The maximum absolute atomic E-state index is 12.5. The highest BCUT2D eigenvalue weighted by Gasteiger charge is 2.29. The van der Waals surface area contributed by atoms with Crippen molar-refractivity contribution in [2.75, 3.05) is 0 Å². The molecule has 0 spiro atoms. The minimum Gasteiger partial charge on any atom is -0.456 e. The molecule has 0 heterocycles. The number of halogens is 4. The Balaban J connectivity index is 2.31. The molecule has 2 aromatic carbocycles. The fourth-order valence-corrected chi connectivity index (χ4v) is 2.33. The first-order chi connectivity index (χ1) is 10.8. The zero-order chi connectivity index (χ0) is 17.0. The van der Waals surface area contributed by atoms with E-state index in [1.54, 1.807) is 18.2 Å². The molecule has 0 atom stereocenters. The molecule has 120 valence electrons. The van der Waals surface area contributed by atoms with Crippen LogP contribution in [-0.4, -0.2) is 6.18 Å². The second-order valence-corrected chi connectivity index (χ2v) is 5.47. The molecule has 0 aliphatic rings. The summed E-state index contributed by atoms with van der Waals surface area (Å²) >= 11 is 9.91. The standard InChI is InChI=1S/C16H11ClF3NOS/c17-14-3-2-13(6-11(14)7-16(18,19)20)22-15-4-1-10(9-23)5-12(15)8-21/h1-6,23H,7,9H2. The minimum absolute atomic E-state index is 0.0144. The van der Waals surface area contributed by atoms with Gasteiger partial charge in [0.1, 0.15) is 17.6 Å². The van der Waals surface area contributed by atoms with Gasteiger partial charge in [0.25, 0.3) is 0 Å². The molecule has 7 heteroatoms. The Bertz CT molecular complexity index is 756. The van der Waals surface area contributed by atoms with Gasteiger partial charge in [0.15, 0.2) is 0 Å². The number of thiol groups is 1. The van der Waals surface area contributed by atoms with E-state index in [1.807, 2.05) is 6.07 Å². The normalized spacial score (nSPS) is 11.1. The Hall–Kier alpha value is -1.84. The van der Waals surface area contributed by atoms with E-state index in [0.717, 1.165) is 5.56 Å². The molecule has 23 heavy (non-hydrogen) atoms. The third-order valence-electron chi connectivity index (χ3n) is 2.98. The van der Waals surface area contributed by atoms with E-state index in [4.69, 9.17) is 21.6 Å². The molecule has 2 nitrogen and oxygen atoms in total. The van der Waals surface area contributed by atoms with Crippen LogP contribution in [0.5, 0.6) is 11.5 Å². The van der Waals surface area contributed by atoms with Crippen molar-refractivity contribution in [2.24, 2.45) is 0 Å².